The zero-order valence-electron chi connectivity index (χ0n) is 13.6. The Morgan fingerprint density at radius 2 is 1.90 bits per heavy atom. The SMILES string of the molecule is CC(C)(C)NCc1cccc(SCC2(O)CCCCC2)c1. The van der Waals surface area contributed by atoms with Crippen LogP contribution in [0.25, 0.3) is 0 Å². The van der Waals surface area contributed by atoms with Crippen molar-refractivity contribution in [1.29, 1.82) is 0 Å². The average Bonchev–Trinajstić information content (AvgIpc) is 2.44. The number of benzene rings is 1. The zero-order chi connectivity index (χ0) is 15.3. The molecule has 21 heavy (non-hydrogen) atoms. The fraction of sp³-hybridized carbons (Fsp3) is 0.667. The first-order valence-electron chi connectivity index (χ1n) is 8.06. The second-order valence-electron chi connectivity index (χ2n) is 7.32. The van der Waals surface area contributed by atoms with Gasteiger partial charge in [0.05, 0.1) is 5.60 Å². The largest absolute Gasteiger partial charge is 0.389 e. The smallest absolute Gasteiger partial charge is 0.0741 e. The maximum atomic E-state index is 10.6. The van der Waals surface area contributed by atoms with Crippen molar-refractivity contribution < 1.29 is 5.11 Å². The number of hydrogen-bond acceptors (Lipinski definition) is 3. The van der Waals surface area contributed by atoms with E-state index in [0.29, 0.717) is 0 Å². The van der Waals surface area contributed by atoms with Crippen LogP contribution in [-0.4, -0.2) is 22.0 Å². The highest BCUT2D eigenvalue weighted by atomic mass is 32.2. The second kappa shape index (κ2) is 7.17. The number of aliphatic hydroxyl groups is 1. The Morgan fingerprint density at radius 3 is 2.57 bits per heavy atom. The lowest BCUT2D eigenvalue weighted by molar-refractivity contribution is 0.0273. The molecule has 2 N–H and O–H groups in total. The zero-order valence-corrected chi connectivity index (χ0v) is 14.4. The van der Waals surface area contributed by atoms with E-state index in [1.807, 2.05) is 0 Å². The molecular weight excluding hydrogens is 278 g/mol. The monoisotopic (exact) mass is 307 g/mol. The minimum atomic E-state index is -0.442. The van der Waals surface area contributed by atoms with E-state index < -0.39 is 5.60 Å². The highest BCUT2D eigenvalue weighted by molar-refractivity contribution is 7.99. The lowest BCUT2D eigenvalue weighted by Crippen LogP contribution is -2.35. The van der Waals surface area contributed by atoms with Gasteiger partial charge in [0.2, 0.25) is 0 Å². The van der Waals surface area contributed by atoms with E-state index in [-0.39, 0.29) is 5.54 Å². The molecule has 0 heterocycles. The molecule has 1 aliphatic carbocycles. The summed E-state index contributed by atoms with van der Waals surface area (Å²) in [6.45, 7) is 7.45. The van der Waals surface area contributed by atoms with Gasteiger partial charge in [-0.2, -0.15) is 0 Å². The van der Waals surface area contributed by atoms with Crippen LogP contribution in [0.2, 0.25) is 0 Å². The highest BCUT2D eigenvalue weighted by Crippen LogP contribution is 2.33. The van der Waals surface area contributed by atoms with E-state index in [0.717, 1.165) is 25.1 Å². The van der Waals surface area contributed by atoms with Crippen molar-refractivity contribution in [3.8, 4) is 0 Å². The van der Waals surface area contributed by atoms with Gasteiger partial charge < -0.3 is 10.4 Å². The lowest BCUT2D eigenvalue weighted by atomic mass is 9.86. The van der Waals surface area contributed by atoms with Gasteiger partial charge in [0.25, 0.3) is 0 Å². The van der Waals surface area contributed by atoms with Gasteiger partial charge in [-0.1, -0.05) is 31.4 Å². The second-order valence-corrected chi connectivity index (χ2v) is 8.37. The van der Waals surface area contributed by atoms with Crippen LogP contribution < -0.4 is 5.32 Å². The van der Waals surface area contributed by atoms with Crippen LogP contribution in [-0.2, 0) is 6.54 Å². The van der Waals surface area contributed by atoms with Crippen molar-refractivity contribution >= 4 is 11.8 Å². The lowest BCUT2D eigenvalue weighted by Gasteiger charge is -2.31. The van der Waals surface area contributed by atoms with Gasteiger partial charge >= 0.3 is 0 Å². The van der Waals surface area contributed by atoms with Crippen LogP contribution in [0.4, 0.5) is 0 Å². The minimum Gasteiger partial charge on any atom is -0.389 e. The fourth-order valence-corrected chi connectivity index (χ4v) is 3.82. The third kappa shape index (κ3) is 6.01. The third-order valence-corrected chi connectivity index (χ3v) is 5.28. The van der Waals surface area contributed by atoms with Gasteiger partial charge in [0.1, 0.15) is 0 Å². The predicted octanol–water partition coefficient (Wildman–Crippen LogP) is 4.36. The van der Waals surface area contributed by atoms with E-state index >= 15 is 0 Å². The summed E-state index contributed by atoms with van der Waals surface area (Å²) >= 11 is 1.80. The summed E-state index contributed by atoms with van der Waals surface area (Å²) in [6.07, 6.45) is 5.55. The van der Waals surface area contributed by atoms with E-state index in [1.165, 1.54) is 29.7 Å². The van der Waals surface area contributed by atoms with Crippen LogP contribution in [0, 0.1) is 0 Å². The first kappa shape index (κ1) is 16.9. The standard InChI is InChI=1S/C18H29NOS/c1-17(2,3)19-13-15-8-7-9-16(12-15)21-14-18(20)10-5-4-6-11-18/h7-9,12,19-20H,4-6,10-11,13-14H2,1-3H3. The van der Waals surface area contributed by atoms with Gasteiger partial charge in [-0.15, -0.1) is 11.8 Å². The predicted molar refractivity (Wildman–Crippen MR) is 91.8 cm³/mol. The summed E-state index contributed by atoms with van der Waals surface area (Å²) in [5, 5.41) is 14.1. The van der Waals surface area contributed by atoms with Crippen molar-refractivity contribution in [2.45, 2.75) is 75.5 Å². The highest BCUT2D eigenvalue weighted by Gasteiger charge is 2.29. The third-order valence-electron chi connectivity index (χ3n) is 4.01. The Bertz CT molecular complexity index is 447. The number of rotatable bonds is 5. The molecule has 2 nitrogen and oxygen atoms in total. The molecule has 3 heteroatoms. The fourth-order valence-electron chi connectivity index (χ4n) is 2.68. The Balaban J connectivity index is 1.88. The molecule has 2 rings (SSSR count). The quantitative estimate of drug-likeness (QED) is 0.793. The van der Waals surface area contributed by atoms with Gasteiger partial charge in [-0.25, -0.2) is 0 Å². The summed E-state index contributed by atoms with van der Waals surface area (Å²) in [5.74, 6) is 0.823. The molecule has 0 unspecified atom stereocenters. The summed E-state index contributed by atoms with van der Waals surface area (Å²) in [4.78, 5) is 1.27. The number of hydrogen-bond donors (Lipinski definition) is 2. The van der Waals surface area contributed by atoms with Crippen molar-refractivity contribution in [1.82, 2.24) is 5.32 Å². The summed E-state index contributed by atoms with van der Waals surface area (Å²) < 4.78 is 0. The van der Waals surface area contributed by atoms with Crippen molar-refractivity contribution in [3.05, 3.63) is 29.8 Å². The molecule has 1 fully saturated rings. The molecule has 0 saturated heterocycles. The van der Waals surface area contributed by atoms with Crippen molar-refractivity contribution in [3.63, 3.8) is 0 Å². The van der Waals surface area contributed by atoms with Crippen LogP contribution in [0.1, 0.15) is 58.4 Å². The van der Waals surface area contributed by atoms with Crippen LogP contribution in [0.5, 0.6) is 0 Å². The Kier molecular flexibility index (Phi) is 5.75. The molecule has 1 aliphatic rings. The summed E-state index contributed by atoms with van der Waals surface area (Å²) in [6, 6.07) is 8.68. The molecule has 0 spiro atoms. The van der Waals surface area contributed by atoms with Gasteiger partial charge in [-0.3, -0.25) is 0 Å². The van der Waals surface area contributed by atoms with E-state index in [4.69, 9.17) is 0 Å². The molecule has 0 aromatic heterocycles. The first-order chi connectivity index (χ1) is 9.86. The first-order valence-corrected chi connectivity index (χ1v) is 9.04. The molecule has 0 amide bonds. The maximum absolute atomic E-state index is 10.6. The molecule has 1 saturated carbocycles. The molecule has 1 aromatic carbocycles. The molecule has 0 bridgehead atoms. The molecular formula is C18H29NOS. The minimum absolute atomic E-state index is 0.139. The van der Waals surface area contributed by atoms with Crippen LogP contribution in [0.3, 0.4) is 0 Å². The molecule has 1 aromatic rings. The average molecular weight is 308 g/mol. The molecule has 0 aliphatic heterocycles. The van der Waals surface area contributed by atoms with Crippen LogP contribution in [0.15, 0.2) is 29.2 Å². The van der Waals surface area contributed by atoms with Crippen molar-refractivity contribution in [2.75, 3.05) is 5.75 Å². The van der Waals surface area contributed by atoms with Crippen LogP contribution >= 0.6 is 11.8 Å². The summed E-state index contributed by atoms with van der Waals surface area (Å²) in [7, 11) is 0. The normalized spacial score (nSPS) is 18.7. The van der Waals surface area contributed by atoms with E-state index in [2.05, 4.69) is 50.4 Å². The summed E-state index contributed by atoms with van der Waals surface area (Å²) in [5.41, 5.74) is 1.01. The van der Waals surface area contributed by atoms with E-state index in [1.54, 1.807) is 11.8 Å². The van der Waals surface area contributed by atoms with Gasteiger partial charge in [0, 0.05) is 22.7 Å². The number of thioether (sulfide) groups is 1. The molecule has 118 valence electrons. The topological polar surface area (TPSA) is 32.3 Å². The number of nitrogens with one attached hydrogen (secondary N) is 1. The van der Waals surface area contributed by atoms with Gasteiger partial charge in [-0.05, 0) is 51.3 Å². The van der Waals surface area contributed by atoms with Gasteiger partial charge in [0.15, 0.2) is 0 Å². The van der Waals surface area contributed by atoms with E-state index in [9.17, 15) is 5.11 Å². The maximum Gasteiger partial charge on any atom is 0.0741 e. The Labute approximate surface area is 133 Å². The Hall–Kier alpha value is -0.510. The van der Waals surface area contributed by atoms with Crippen molar-refractivity contribution in [2.24, 2.45) is 0 Å². The molecule has 0 radical (unpaired) electrons. The molecule has 0 atom stereocenters. The Morgan fingerprint density at radius 1 is 1.19 bits per heavy atom.